The molecule has 0 heterocycles. The molecular weight excluding hydrogens is 299 g/mol. The van der Waals surface area contributed by atoms with Gasteiger partial charge >= 0.3 is 0 Å². The number of hydrogen-bond donors (Lipinski definition) is 3. The Bertz CT molecular complexity index is 677. The van der Waals surface area contributed by atoms with E-state index < -0.39 is 21.7 Å². The number of carbonyl (C=O) groups excluding carboxylic acids is 1. The summed E-state index contributed by atoms with van der Waals surface area (Å²) in [5.74, 6) is 3.61. The summed E-state index contributed by atoms with van der Waals surface area (Å²) in [6.07, 6.45) is 0.0561. The summed E-state index contributed by atoms with van der Waals surface area (Å²) in [4.78, 5) is 10.3. The van der Waals surface area contributed by atoms with Crippen molar-refractivity contribution in [3.8, 4) is 11.8 Å². The summed E-state index contributed by atoms with van der Waals surface area (Å²) in [7, 11) is -3.91. The largest absolute Gasteiger partial charge is 0.395 e. The fraction of sp³-hybridized carbons (Fsp3) is 0.308. The summed E-state index contributed by atoms with van der Waals surface area (Å²) in [6, 6.07) is 3.29. The van der Waals surface area contributed by atoms with Gasteiger partial charge in [0, 0.05) is 19.4 Å². The van der Waals surface area contributed by atoms with Crippen LogP contribution in [0.2, 0.25) is 0 Å². The van der Waals surface area contributed by atoms with Gasteiger partial charge in [-0.25, -0.2) is 17.5 Å². The minimum atomic E-state index is -3.91. The van der Waals surface area contributed by atoms with E-state index >= 15 is 0 Å². The van der Waals surface area contributed by atoms with E-state index in [0.29, 0.717) is 0 Å². The van der Waals surface area contributed by atoms with Crippen LogP contribution in [-0.4, -0.2) is 32.6 Å². The highest BCUT2D eigenvalue weighted by atomic mass is 32.2. The predicted octanol–water partition coefficient (Wildman–Crippen LogP) is -0.287. The number of rotatable bonds is 6. The maximum Gasteiger partial charge on any atom is 0.240 e. The number of aliphatic hydroxyl groups excluding tert-OH is 1. The minimum Gasteiger partial charge on any atom is -0.395 e. The molecule has 0 aliphatic carbocycles. The Morgan fingerprint density at radius 2 is 2.14 bits per heavy atom. The van der Waals surface area contributed by atoms with Crippen molar-refractivity contribution in [3.63, 3.8) is 0 Å². The number of benzene rings is 1. The van der Waals surface area contributed by atoms with Crippen LogP contribution in [0, 0.1) is 17.7 Å². The van der Waals surface area contributed by atoms with Crippen LogP contribution in [0.4, 0.5) is 4.39 Å². The van der Waals surface area contributed by atoms with Gasteiger partial charge in [0.25, 0.3) is 0 Å². The molecule has 0 fully saturated rings. The standard InChI is InChI=1S/C13H15FN2O4S/c14-12-9-11(5-4-10(12)3-1-2-8-17)21(19,20)16-7-6-13(15)18/h4-5,9,16-17H,2,6-8H2,(H2,15,18). The summed E-state index contributed by atoms with van der Waals surface area (Å²) >= 11 is 0. The van der Waals surface area contributed by atoms with Crippen LogP contribution in [0.1, 0.15) is 18.4 Å². The third kappa shape index (κ3) is 5.51. The number of sulfonamides is 1. The van der Waals surface area contributed by atoms with Crippen LogP contribution in [-0.2, 0) is 14.8 Å². The number of amides is 1. The van der Waals surface area contributed by atoms with E-state index in [2.05, 4.69) is 16.6 Å². The van der Waals surface area contributed by atoms with E-state index in [0.717, 1.165) is 6.07 Å². The maximum absolute atomic E-state index is 13.7. The molecule has 6 nitrogen and oxygen atoms in total. The van der Waals surface area contributed by atoms with E-state index in [1.807, 2.05) is 0 Å². The van der Waals surface area contributed by atoms with Gasteiger partial charge in [0.2, 0.25) is 15.9 Å². The molecule has 0 atom stereocenters. The first-order valence-corrected chi connectivity index (χ1v) is 7.52. The monoisotopic (exact) mass is 314 g/mol. The molecule has 0 radical (unpaired) electrons. The number of halogens is 1. The zero-order valence-electron chi connectivity index (χ0n) is 11.1. The Kier molecular flexibility index (Phi) is 6.30. The quantitative estimate of drug-likeness (QED) is 0.627. The van der Waals surface area contributed by atoms with Crippen molar-refractivity contribution >= 4 is 15.9 Å². The highest BCUT2D eigenvalue weighted by molar-refractivity contribution is 7.89. The van der Waals surface area contributed by atoms with Gasteiger partial charge in [0.05, 0.1) is 17.1 Å². The Labute approximate surface area is 122 Å². The highest BCUT2D eigenvalue weighted by Gasteiger charge is 2.15. The van der Waals surface area contributed by atoms with Gasteiger partial charge in [-0.3, -0.25) is 4.79 Å². The fourth-order valence-electron chi connectivity index (χ4n) is 1.37. The van der Waals surface area contributed by atoms with E-state index in [4.69, 9.17) is 10.8 Å². The van der Waals surface area contributed by atoms with Crippen LogP contribution in [0.25, 0.3) is 0 Å². The Balaban J connectivity index is 2.87. The number of carbonyl (C=O) groups is 1. The summed E-state index contributed by atoms with van der Waals surface area (Å²) < 4.78 is 39.5. The smallest absolute Gasteiger partial charge is 0.240 e. The molecule has 0 bridgehead atoms. The SMILES string of the molecule is NC(=O)CCNS(=O)(=O)c1ccc(C#CCCO)c(F)c1. The van der Waals surface area contributed by atoms with Crippen LogP contribution in [0.15, 0.2) is 23.1 Å². The van der Waals surface area contributed by atoms with Gasteiger partial charge in [0.1, 0.15) is 5.82 Å². The summed E-state index contributed by atoms with van der Waals surface area (Å²) in [5.41, 5.74) is 4.94. The Morgan fingerprint density at radius 1 is 1.43 bits per heavy atom. The van der Waals surface area contributed by atoms with Crippen molar-refractivity contribution < 1.29 is 22.7 Å². The summed E-state index contributed by atoms with van der Waals surface area (Å²) in [5, 5.41) is 8.57. The fourth-order valence-corrected chi connectivity index (χ4v) is 2.41. The number of aliphatic hydroxyl groups is 1. The lowest BCUT2D eigenvalue weighted by atomic mass is 10.2. The molecule has 4 N–H and O–H groups in total. The molecule has 0 saturated heterocycles. The first-order chi connectivity index (χ1) is 9.86. The average Bonchev–Trinajstić information content (AvgIpc) is 2.40. The van der Waals surface area contributed by atoms with Crippen molar-refractivity contribution in [1.82, 2.24) is 4.72 Å². The van der Waals surface area contributed by atoms with E-state index in [1.54, 1.807) is 0 Å². The lowest BCUT2D eigenvalue weighted by molar-refractivity contribution is -0.117. The van der Waals surface area contributed by atoms with Crippen LogP contribution >= 0.6 is 0 Å². The van der Waals surface area contributed by atoms with Gasteiger partial charge in [-0.15, -0.1) is 0 Å². The lowest BCUT2D eigenvalue weighted by Gasteiger charge is -2.06. The second kappa shape index (κ2) is 7.73. The molecule has 1 amide bonds. The number of nitrogens with two attached hydrogens (primary N) is 1. The van der Waals surface area contributed by atoms with Crippen molar-refractivity contribution in [2.24, 2.45) is 5.73 Å². The van der Waals surface area contributed by atoms with Crippen molar-refractivity contribution in [2.75, 3.05) is 13.2 Å². The predicted molar refractivity (Wildman–Crippen MR) is 74.0 cm³/mol. The molecule has 0 aliphatic heterocycles. The van der Waals surface area contributed by atoms with Gasteiger partial charge in [-0.1, -0.05) is 11.8 Å². The first kappa shape index (κ1) is 17.1. The second-order valence-corrected chi connectivity index (χ2v) is 5.80. The van der Waals surface area contributed by atoms with Crippen molar-refractivity contribution in [2.45, 2.75) is 17.7 Å². The molecule has 21 heavy (non-hydrogen) atoms. The van der Waals surface area contributed by atoms with Gasteiger partial charge in [0.15, 0.2) is 0 Å². The number of nitrogens with one attached hydrogen (secondary N) is 1. The molecule has 0 aromatic heterocycles. The molecule has 0 spiro atoms. The average molecular weight is 314 g/mol. The highest BCUT2D eigenvalue weighted by Crippen LogP contribution is 2.14. The zero-order valence-corrected chi connectivity index (χ0v) is 11.9. The molecule has 1 aromatic rings. The number of hydrogen-bond acceptors (Lipinski definition) is 4. The van der Waals surface area contributed by atoms with Gasteiger partial charge in [-0.05, 0) is 18.2 Å². The van der Waals surface area contributed by atoms with E-state index in [9.17, 15) is 17.6 Å². The second-order valence-electron chi connectivity index (χ2n) is 4.03. The minimum absolute atomic E-state index is 0.0412. The van der Waals surface area contributed by atoms with Crippen LogP contribution in [0.5, 0.6) is 0 Å². The van der Waals surface area contributed by atoms with E-state index in [1.165, 1.54) is 12.1 Å². The maximum atomic E-state index is 13.7. The lowest BCUT2D eigenvalue weighted by Crippen LogP contribution is -2.28. The third-order valence-corrected chi connectivity index (χ3v) is 3.83. The Morgan fingerprint density at radius 3 is 2.71 bits per heavy atom. The molecule has 0 aliphatic rings. The number of primary amides is 1. The molecule has 114 valence electrons. The van der Waals surface area contributed by atoms with Crippen molar-refractivity contribution in [3.05, 3.63) is 29.6 Å². The molecular formula is C13H15FN2O4S. The Hall–Kier alpha value is -1.95. The molecule has 1 aromatic carbocycles. The summed E-state index contributed by atoms with van der Waals surface area (Å²) in [6.45, 7) is -0.289. The molecule has 1 rings (SSSR count). The molecule has 0 unspecified atom stereocenters. The third-order valence-electron chi connectivity index (χ3n) is 2.37. The topological polar surface area (TPSA) is 109 Å². The first-order valence-electron chi connectivity index (χ1n) is 6.04. The van der Waals surface area contributed by atoms with Gasteiger partial charge < -0.3 is 10.8 Å². The normalized spacial score (nSPS) is 10.8. The van der Waals surface area contributed by atoms with Crippen LogP contribution in [0.3, 0.4) is 0 Å². The van der Waals surface area contributed by atoms with Crippen LogP contribution < -0.4 is 10.5 Å². The zero-order chi connectivity index (χ0) is 15.9. The molecule has 8 heteroatoms. The van der Waals surface area contributed by atoms with Crippen molar-refractivity contribution in [1.29, 1.82) is 0 Å². The molecule has 0 saturated carbocycles. The van der Waals surface area contributed by atoms with E-state index in [-0.39, 0.29) is 36.5 Å². The van der Waals surface area contributed by atoms with Gasteiger partial charge in [-0.2, -0.15) is 0 Å².